The number of nitrogens with one attached hydrogen (secondary N) is 1. The Morgan fingerprint density at radius 2 is 2.15 bits per heavy atom. The Labute approximate surface area is 149 Å². The van der Waals surface area contributed by atoms with Crippen molar-refractivity contribution in [1.82, 2.24) is 24.9 Å². The van der Waals surface area contributed by atoms with Crippen molar-refractivity contribution in [2.45, 2.75) is 13.0 Å². The molecule has 4 aromatic rings. The molecule has 0 aliphatic carbocycles. The lowest BCUT2D eigenvalue weighted by Gasteiger charge is -2.11. The van der Waals surface area contributed by atoms with Crippen molar-refractivity contribution in [3.05, 3.63) is 36.7 Å². The predicted molar refractivity (Wildman–Crippen MR) is 96.6 cm³/mol. The molecule has 4 aromatic heterocycles. The molecular formula is C18H19N5O3. The van der Waals surface area contributed by atoms with Crippen molar-refractivity contribution < 1.29 is 13.9 Å². The Balaban J connectivity index is 1.74. The number of furan rings is 1. The maximum atomic E-state index is 5.95. The fourth-order valence-electron chi connectivity index (χ4n) is 2.62. The van der Waals surface area contributed by atoms with E-state index in [0.29, 0.717) is 35.4 Å². The van der Waals surface area contributed by atoms with Gasteiger partial charge in [-0.25, -0.2) is 14.5 Å². The molecule has 1 N–H and O–H groups in total. The van der Waals surface area contributed by atoms with Crippen LogP contribution in [0.3, 0.4) is 0 Å². The molecule has 0 spiro atoms. The average Bonchev–Trinajstić information content (AvgIpc) is 3.28. The van der Waals surface area contributed by atoms with Crippen LogP contribution in [-0.2, 0) is 0 Å². The van der Waals surface area contributed by atoms with Gasteiger partial charge in [-0.3, -0.25) is 0 Å². The number of fused-ring (bicyclic) bond motifs is 2. The lowest BCUT2D eigenvalue weighted by Crippen LogP contribution is -2.28. The number of likely N-dealkylation sites (N-methyl/N-ethyl adjacent to an activating group) is 1. The summed E-state index contributed by atoms with van der Waals surface area (Å²) < 4.78 is 18.7. The molecule has 0 amide bonds. The van der Waals surface area contributed by atoms with Gasteiger partial charge in [-0.2, -0.15) is 0 Å². The quantitative estimate of drug-likeness (QED) is 0.570. The molecule has 0 saturated carbocycles. The molecule has 4 heterocycles. The van der Waals surface area contributed by atoms with Gasteiger partial charge in [0.05, 0.1) is 18.7 Å². The van der Waals surface area contributed by atoms with E-state index in [1.165, 1.54) is 0 Å². The van der Waals surface area contributed by atoms with E-state index in [0.717, 1.165) is 11.1 Å². The number of hydrogen-bond acceptors (Lipinski definition) is 7. The second kappa shape index (κ2) is 6.64. The lowest BCUT2D eigenvalue weighted by atomic mass is 10.3. The van der Waals surface area contributed by atoms with E-state index in [4.69, 9.17) is 13.9 Å². The third-order valence-electron chi connectivity index (χ3n) is 4.17. The first-order chi connectivity index (χ1) is 12.7. The number of imidazole rings is 1. The van der Waals surface area contributed by atoms with Gasteiger partial charge < -0.3 is 19.2 Å². The predicted octanol–water partition coefficient (Wildman–Crippen LogP) is 2.53. The van der Waals surface area contributed by atoms with E-state index < -0.39 is 0 Å². The highest BCUT2D eigenvalue weighted by atomic mass is 16.5. The zero-order valence-corrected chi connectivity index (χ0v) is 14.8. The number of pyridine rings is 1. The van der Waals surface area contributed by atoms with Gasteiger partial charge in [0.2, 0.25) is 11.8 Å². The Kier molecular flexibility index (Phi) is 4.18. The minimum absolute atomic E-state index is 0.227. The zero-order chi connectivity index (χ0) is 18.1. The Bertz CT molecular complexity index is 1060. The van der Waals surface area contributed by atoms with Crippen LogP contribution in [0, 0.1) is 0 Å². The van der Waals surface area contributed by atoms with Crippen LogP contribution in [0.15, 0.2) is 41.1 Å². The average molecular weight is 353 g/mol. The zero-order valence-electron chi connectivity index (χ0n) is 14.8. The smallest absolute Gasteiger partial charge is 0.231 e. The van der Waals surface area contributed by atoms with Crippen LogP contribution in [0.5, 0.6) is 11.8 Å². The first-order valence-electron chi connectivity index (χ1n) is 8.27. The monoisotopic (exact) mass is 353 g/mol. The molecular weight excluding hydrogens is 334 g/mol. The first kappa shape index (κ1) is 16.3. The largest absolute Gasteiger partial charge is 0.480 e. The summed E-state index contributed by atoms with van der Waals surface area (Å²) in [5.74, 6) is 1.67. The molecule has 0 saturated heterocycles. The van der Waals surface area contributed by atoms with E-state index in [1.54, 1.807) is 36.2 Å². The van der Waals surface area contributed by atoms with Crippen LogP contribution >= 0.6 is 0 Å². The van der Waals surface area contributed by atoms with Gasteiger partial charge in [0.25, 0.3) is 0 Å². The maximum absolute atomic E-state index is 5.95. The molecule has 8 heteroatoms. The summed E-state index contributed by atoms with van der Waals surface area (Å²) in [6.45, 7) is 2.56. The summed E-state index contributed by atoms with van der Waals surface area (Å²) in [4.78, 5) is 8.59. The second-order valence-corrected chi connectivity index (χ2v) is 5.93. The van der Waals surface area contributed by atoms with Crippen molar-refractivity contribution in [2.24, 2.45) is 0 Å². The van der Waals surface area contributed by atoms with Gasteiger partial charge in [-0.1, -0.05) is 0 Å². The van der Waals surface area contributed by atoms with Crippen molar-refractivity contribution in [1.29, 1.82) is 0 Å². The van der Waals surface area contributed by atoms with E-state index in [2.05, 4.69) is 20.4 Å². The topological polar surface area (TPSA) is 86.7 Å². The molecule has 8 nitrogen and oxygen atoms in total. The molecule has 134 valence electrons. The molecule has 26 heavy (non-hydrogen) atoms. The summed E-state index contributed by atoms with van der Waals surface area (Å²) >= 11 is 0. The molecule has 4 rings (SSSR count). The van der Waals surface area contributed by atoms with E-state index >= 15 is 0 Å². The third kappa shape index (κ3) is 2.84. The number of hydrogen-bond donors (Lipinski definition) is 1. The summed E-state index contributed by atoms with van der Waals surface area (Å²) in [5.41, 5.74) is 2.13. The first-order valence-corrected chi connectivity index (χ1v) is 8.27. The summed E-state index contributed by atoms with van der Waals surface area (Å²) in [6, 6.07) is 7.57. The Morgan fingerprint density at radius 1 is 1.27 bits per heavy atom. The number of rotatable bonds is 6. The molecule has 0 fully saturated rings. The minimum Gasteiger partial charge on any atom is -0.480 e. The van der Waals surface area contributed by atoms with E-state index in [-0.39, 0.29) is 6.04 Å². The number of aromatic nitrogens is 4. The van der Waals surface area contributed by atoms with Crippen LogP contribution in [0.4, 0.5) is 0 Å². The highest BCUT2D eigenvalue weighted by Gasteiger charge is 2.15. The fourth-order valence-corrected chi connectivity index (χ4v) is 2.62. The second-order valence-electron chi connectivity index (χ2n) is 5.93. The minimum atomic E-state index is 0.227. The van der Waals surface area contributed by atoms with Gasteiger partial charge >= 0.3 is 0 Å². The standard InChI is InChI=1S/C18H19N5O3/c1-11(19-2)10-25-17-5-4-16-21-9-13(23(16)22-17)15-8-12-14(26-15)6-7-20-18(12)24-3/h4-9,11,19H,10H2,1-3H3. The summed E-state index contributed by atoms with van der Waals surface area (Å²) in [5, 5.41) is 8.45. The SMILES string of the molecule is CNC(C)COc1ccc2ncc(-c3cc4c(OC)nccc4o3)n2n1. The van der Waals surface area contributed by atoms with E-state index in [1.807, 2.05) is 26.1 Å². The van der Waals surface area contributed by atoms with E-state index in [9.17, 15) is 0 Å². The van der Waals surface area contributed by atoms with Crippen LogP contribution in [0.2, 0.25) is 0 Å². The van der Waals surface area contributed by atoms with Crippen LogP contribution in [0.25, 0.3) is 28.1 Å². The van der Waals surface area contributed by atoms with Crippen molar-refractivity contribution in [3.8, 4) is 23.2 Å². The van der Waals surface area contributed by atoms with Crippen LogP contribution in [-0.4, -0.2) is 46.4 Å². The molecule has 0 radical (unpaired) electrons. The summed E-state index contributed by atoms with van der Waals surface area (Å²) in [7, 11) is 3.48. The summed E-state index contributed by atoms with van der Waals surface area (Å²) in [6.07, 6.45) is 3.37. The Morgan fingerprint density at radius 3 is 2.96 bits per heavy atom. The lowest BCUT2D eigenvalue weighted by molar-refractivity contribution is 0.266. The van der Waals surface area contributed by atoms with Crippen LogP contribution in [0.1, 0.15) is 6.92 Å². The maximum Gasteiger partial charge on any atom is 0.231 e. The fraction of sp³-hybridized carbons (Fsp3) is 0.278. The van der Waals surface area contributed by atoms with Gasteiger partial charge in [0.1, 0.15) is 17.9 Å². The van der Waals surface area contributed by atoms with Gasteiger partial charge in [-0.15, -0.1) is 5.10 Å². The normalized spacial score (nSPS) is 12.6. The van der Waals surface area contributed by atoms with Crippen molar-refractivity contribution in [3.63, 3.8) is 0 Å². The Hall–Kier alpha value is -3.13. The number of ether oxygens (including phenoxy) is 2. The third-order valence-corrected chi connectivity index (χ3v) is 4.17. The molecule has 0 aliphatic rings. The molecule has 1 unspecified atom stereocenters. The number of nitrogens with zero attached hydrogens (tertiary/aromatic N) is 4. The molecule has 0 aromatic carbocycles. The molecule has 0 bridgehead atoms. The van der Waals surface area contributed by atoms with Gasteiger partial charge in [0, 0.05) is 24.4 Å². The van der Waals surface area contributed by atoms with Crippen molar-refractivity contribution in [2.75, 3.05) is 20.8 Å². The van der Waals surface area contributed by atoms with Gasteiger partial charge in [-0.05, 0) is 26.1 Å². The molecule has 0 aliphatic heterocycles. The van der Waals surface area contributed by atoms with Crippen molar-refractivity contribution >= 4 is 16.6 Å². The highest BCUT2D eigenvalue weighted by Crippen LogP contribution is 2.32. The van der Waals surface area contributed by atoms with Crippen LogP contribution < -0.4 is 14.8 Å². The van der Waals surface area contributed by atoms with Gasteiger partial charge in [0.15, 0.2) is 11.4 Å². The highest BCUT2D eigenvalue weighted by molar-refractivity contribution is 5.86. The number of methoxy groups -OCH3 is 1. The molecule has 1 atom stereocenters.